The van der Waals surface area contributed by atoms with Crippen LogP contribution in [0.4, 0.5) is 0 Å². The molecule has 0 atom stereocenters. The van der Waals surface area contributed by atoms with E-state index in [-0.39, 0.29) is 24.8 Å². The Morgan fingerprint density at radius 1 is 1.29 bits per heavy atom. The van der Waals surface area contributed by atoms with Crippen LogP contribution in [0.25, 0.3) is 0 Å². The van der Waals surface area contributed by atoms with Gasteiger partial charge in [-0.25, -0.2) is 0 Å². The molecule has 0 saturated heterocycles. The number of halogens is 2. The lowest BCUT2D eigenvalue weighted by atomic mass is 10.6. The van der Waals surface area contributed by atoms with Crippen molar-refractivity contribution < 1.29 is 9.47 Å². The molecule has 0 unspecified atom stereocenters. The Bertz CT molecular complexity index is 130. The van der Waals surface area contributed by atoms with Gasteiger partial charge in [0.15, 0.2) is 5.05 Å². The van der Waals surface area contributed by atoms with Crippen molar-refractivity contribution in [3.63, 3.8) is 0 Å². The Kier molecular flexibility index (Phi) is 22.4. The normalized spacial score (nSPS) is 8.43. The number of thiocarbonyl (C=S) groups is 1. The maximum Gasteiger partial charge on any atom is 0.173 e. The van der Waals surface area contributed by atoms with Crippen molar-refractivity contribution in [1.82, 2.24) is 5.32 Å². The Labute approximate surface area is 103 Å². The van der Waals surface area contributed by atoms with Gasteiger partial charge in [-0.1, -0.05) is 0 Å². The SMILES string of the molecule is CNCC(=S)OCCOCCN.Cl.Cl. The predicted molar refractivity (Wildman–Crippen MR) is 66.8 cm³/mol. The first kappa shape index (κ1) is 19.9. The molecule has 14 heavy (non-hydrogen) atoms. The fourth-order valence-corrected chi connectivity index (χ4v) is 0.823. The molecule has 3 N–H and O–H groups in total. The Morgan fingerprint density at radius 2 is 1.93 bits per heavy atom. The van der Waals surface area contributed by atoms with Crippen LogP contribution in [0.5, 0.6) is 0 Å². The maximum absolute atomic E-state index is 5.22. The summed E-state index contributed by atoms with van der Waals surface area (Å²) in [6.45, 7) is 2.76. The summed E-state index contributed by atoms with van der Waals surface area (Å²) < 4.78 is 10.2. The van der Waals surface area contributed by atoms with Crippen LogP contribution in [0.1, 0.15) is 0 Å². The monoisotopic (exact) mass is 264 g/mol. The van der Waals surface area contributed by atoms with Gasteiger partial charge in [-0.05, 0) is 19.3 Å². The third-order valence-electron chi connectivity index (χ3n) is 1.07. The largest absolute Gasteiger partial charge is 0.483 e. The van der Waals surface area contributed by atoms with Crippen molar-refractivity contribution in [2.24, 2.45) is 5.73 Å². The fourth-order valence-electron chi connectivity index (χ4n) is 0.595. The number of hydrogen-bond donors (Lipinski definition) is 2. The number of likely N-dealkylation sites (N-methyl/N-ethyl adjacent to an activating group) is 1. The molecule has 0 aromatic rings. The molecule has 7 heteroatoms. The second-order valence-corrected chi connectivity index (χ2v) is 2.61. The first-order valence-corrected chi connectivity index (χ1v) is 4.30. The Morgan fingerprint density at radius 3 is 2.43 bits per heavy atom. The van der Waals surface area contributed by atoms with E-state index in [9.17, 15) is 0 Å². The lowest BCUT2D eigenvalue weighted by molar-refractivity contribution is 0.102. The average molecular weight is 265 g/mol. The summed E-state index contributed by atoms with van der Waals surface area (Å²) in [4.78, 5) is 0. The number of nitrogens with one attached hydrogen (secondary N) is 1. The van der Waals surface area contributed by atoms with Crippen molar-refractivity contribution in [3.05, 3.63) is 0 Å². The predicted octanol–water partition coefficient (Wildman–Crippen LogP) is 0.369. The summed E-state index contributed by atoms with van der Waals surface area (Å²) >= 11 is 4.87. The summed E-state index contributed by atoms with van der Waals surface area (Å²) in [7, 11) is 1.82. The molecule has 0 aromatic carbocycles. The minimum Gasteiger partial charge on any atom is -0.483 e. The molecule has 0 fully saturated rings. The highest BCUT2D eigenvalue weighted by Gasteiger charge is 1.94. The molecule has 0 radical (unpaired) electrons. The van der Waals surface area contributed by atoms with E-state index in [0.29, 0.717) is 38.0 Å². The first-order valence-electron chi connectivity index (χ1n) is 3.89. The molecule has 4 nitrogen and oxygen atoms in total. The average Bonchev–Trinajstić information content (AvgIpc) is 2.05. The number of rotatable bonds is 7. The molecule has 0 bridgehead atoms. The van der Waals surface area contributed by atoms with Crippen LogP contribution < -0.4 is 11.1 Å². The van der Waals surface area contributed by atoms with Gasteiger partial charge >= 0.3 is 0 Å². The Balaban J connectivity index is -0.000000605. The summed E-state index contributed by atoms with van der Waals surface area (Å²) in [6, 6.07) is 0. The number of nitrogens with two attached hydrogens (primary N) is 1. The van der Waals surface area contributed by atoms with E-state index in [4.69, 9.17) is 27.4 Å². The van der Waals surface area contributed by atoms with E-state index in [1.54, 1.807) is 0 Å². The highest BCUT2D eigenvalue weighted by Crippen LogP contribution is 1.81. The van der Waals surface area contributed by atoms with Crippen LogP contribution in [0.15, 0.2) is 0 Å². The van der Waals surface area contributed by atoms with Crippen molar-refractivity contribution in [2.75, 3.05) is 40.0 Å². The zero-order chi connectivity index (χ0) is 9.23. The van der Waals surface area contributed by atoms with Crippen LogP contribution >= 0.6 is 37.0 Å². The van der Waals surface area contributed by atoms with Crippen LogP contribution in [0.3, 0.4) is 0 Å². The van der Waals surface area contributed by atoms with E-state index in [0.717, 1.165) is 0 Å². The first-order chi connectivity index (χ1) is 5.81. The van der Waals surface area contributed by atoms with Crippen LogP contribution in [0, 0.1) is 0 Å². The number of hydrogen-bond acceptors (Lipinski definition) is 5. The highest BCUT2D eigenvalue weighted by molar-refractivity contribution is 7.80. The minimum atomic E-state index is 0. The van der Waals surface area contributed by atoms with E-state index in [1.165, 1.54) is 0 Å². The second-order valence-electron chi connectivity index (χ2n) is 2.15. The molecule has 0 amide bonds. The lowest BCUT2D eigenvalue weighted by Crippen LogP contribution is -2.21. The van der Waals surface area contributed by atoms with E-state index >= 15 is 0 Å². The topological polar surface area (TPSA) is 56.5 Å². The fraction of sp³-hybridized carbons (Fsp3) is 0.857. The molecular formula is C7H18Cl2N2O2S. The third kappa shape index (κ3) is 14.9. The molecule has 0 saturated carbocycles. The van der Waals surface area contributed by atoms with Gasteiger partial charge in [-0.2, -0.15) is 0 Å². The summed E-state index contributed by atoms with van der Waals surface area (Å²) in [5.41, 5.74) is 5.22. The maximum atomic E-state index is 5.22. The van der Waals surface area contributed by atoms with Gasteiger partial charge in [0, 0.05) is 6.54 Å². The Hall–Kier alpha value is 0.350. The van der Waals surface area contributed by atoms with Gasteiger partial charge in [-0.15, -0.1) is 24.8 Å². The molecule has 0 aromatic heterocycles. The summed E-state index contributed by atoms with van der Waals surface area (Å²) in [5, 5.41) is 3.46. The minimum absolute atomic E-state index is 0. The zero-order valence-electron chi connectivity index (χ0n) is 8.15. The van der Waals surface area contributed by atoms with E-state index in [2.05, 4.69) is 5.32 Å². The summed E-state index contributed by atoms with van der Waals surface area (Å²) in [5.74, 6) is 0. The molecule has 88 valence electrons. The standard InChI is InChI=1S/C7H16N2O2S.2ClH/c1-9-6-7(12)11-5-4-10-3-2-8;;/h9H,2-6,8H2,1H3;2*1H. The van der Waals surface area contributed by atoms with Crippen LogP contribution in [0.2, 0.25) is 0 Å². The molecule has 0 heterocycles. The molecule has 0 aliphatic rings. The van der Waals surface area contributed by atoms with Gasteiger partial charge in [0.1, 0.15) is 6.61 Å². The van der Waals surface area contributed by atoms with E-state index < -0.39 is 0 Å². The van der Waals surface area contributed by atoms with Gasteiger partial charge in [0.2, 0.25) is 0 Å². The van der Waals surface area contributed by atoms with Gasteiger partial charge < -0.3 is 20.5 Å². The van der Waals surface area contributed by atoms with Crippen LogP contribution in [-0.2, 0) is 9.47 Å². The van der Waals surface area contributed by atoms with Gasteiger partial charge in [0.25, 0.3) is 0 Å². The zero-order valence-corrected chi connectivity index (χ0v) is 10.6. The molecule has 0 spiro atoms. The third-order valence-corrected chi connectivity index (χ3v) is 1.34. The van der Waals surface area contributed by atoms with Crippen molar-refractivity contribution in [3.8, 4) is 0 Å². The van der Waals surface area contributed by atoms with Crippen molar-refractivity contribution in [2.45, 2.75) is 0 Å². The van der Waals surface area contributed by atoms with Gasteiger partial charge in [0.05, 0.1) is 19.8 Å². The molecular weight excluding hydrogens is 247 g/mol. The quantitative estimate of drug-likeness (QED) is 0.514. The second kappa shape index (κ2) is 15.8. The van der Waals surface area contributed by atoms with Crippen molar-refractivity contribution in [1.29, 1.82) is 0 Å². The van der Waals surface area contributed by atoms with Crippen LogP contribution in [-0.4, -0.2) is 45.0 Å². The number of ether oxygens (including phenoxy) is 2. The smallest absolute Gasteiger partial charge is 0.173 e. The van der Waals surface area contributed by atoms with Gasteiger partial charge in [-0.3, -0.25) is 0 Å². The van der Waals surface area contributed by atoms with Crippen molar-refractivity contribution >= 4 is 42.1 Å². The molecule has 0 rings (SSSR count). The lowest BCUT2D eigenvalue weighted by Gasteiger charge is -2.06. The molecule has 0 aliphatic carbocycles. The van der Waals surface area contributed by atoms with E-state index in [1.807, 2.05) is 7.05 Å². The summed E-state index contributed by atoms with van der Waals surface area (Å²) in [6.07, 6.45) is 0. The highest BCUT2D eigenvalue weighted by atomic mass is 35.5. The molecule has 0 aliphatic heterocycles.